The number of nitrogens with zero attached hydrogens (tertiary/aromatic N) is 2. The van der Waals surface area contributed by atoms with E-state index in [1.807, 2.05) is 0 Å². The van der Waals surface area contributed by atoms with Crippen LogP contribution in [0.1, 0.15) is 16.2 Å². The van der Waals surface area contributed by atoms with E-state index in [9.17, 15) is 9.18 Å². The van der Waals surface area contributed by atoms with E-state index in [0.717, 1.165) is 0 Å². The number of carboxylic acid groups (broad SMARTS) is 1. The van der Waals surface area contributed by atoms with E-state index >= 15 is 0 Å². The standard InChI is InChI=1S/C12H11FN2O3/c1-15-8(6-10(14-15)12(16)17)7-18-11-5-3-2-4-9(11)13/h2-6H,7H2,1H3,(H,16,17). The van der Waals surface area contributed by atoms with Crippen molar-refractivity contribution < 1.29 is 19.0 Å². The van der Waals surface area contributed by atoms with Crippen LogP contribution in [-0.4, -0.2) is 20.9 Å². The molecule has 1 heterocycles. The molecule has 0 atom stereocenters. The Labute approximate surface area is 102 Å². The number of carboxylic acids is 1. The SMILES string of the molecule is Cn1nc(C(=O)O)cc1COc1ccccc1F. The highest BCUT2D eigenvalue weighted by Crippen LogP contribution is 2.17. The Morgan fingerprint density at radius 3 is 2.83 bits per heavy atom. The van der Waals surface area contributed by atoms with Crippen LogP contribution in [0.2, 0.25) is 0 Å². The lowest BCUT2D eigenvalue weighted by Crippen LogP contribution is -2.04. The molecule has 0 amide bonds. The minimum absolute atomic E-state index is 0.0533. The molecule has 0 saturated carbocycles. The van der Waals surface area contributed by atoms with Crippen molar-refractivity contribution >= 4 is 5.97 Å². The van der Waals surface area contributed by atoms with Gasteiger partial charge in [-0.05, 0) is 18.2 Å². The summed E-state index contributed by atoms with van der Waals surface area (Å²) in [6.45, 7) is 0.0533. The number of aromatic nitrogens is 2. The van der Waals surface area contributed by atoms with Gasteiger partial charge < -0.3 is 9.84 Å². The van der Waals surface area contributed by atoms with Crippen molar-refractivity contribution in [2.45, 2.75) is 6.61 Å². The number of para-hydroxylation sites is 1. The van der Waals surface area contributed by atoms with E-state index in [2.05, 4.69) is 5.10 Å². The molecule has 5 nitrogen and oxygen atoms in total. The molecule has 18 heavy (non-hydrogen) atoms. The minimum Gasteiger partial charge on any atom is -0.484 e. The van der Waals surface area contributed by atoms with E-state index in [4.69, 9.17) is 9.84 Å². The van der Waals surface area contributed by atoms with Crippen LogP contribution in [-0.2, 0) is 13.7 Å². The zero-order valence-electron chi connectivity index (χ0n) is 9.63. The molecule has 1 aromatic heterocycles. The predicted octanol–water partition coefficient (Wildman–Crippen LogP) is 1.84. The number of hydrogen-bond acceptors (Lipinski definition) is 3. The maximum atomic E-state index is 13.3. The van der Waals surface area contributed by atoms with Gasteiger partial charge in [0.2, 0.25) is 0 Å². The number of carbonyl (C=O) groups is 1. The Morgan fingerprint density at radius 2 is 2.22 bits per heavy atom. The lowest BCUT2D eigenvalue weighted by molar-refractivity contribution is 0.0689. The monoisotopic (exact) mass is 250 g/mol. The number of rotatable bonds is 4. The molecule has 1 aromatic carbocycles. The van der Waals surface area contributed by atoms with Crippen LogP contribution >= 0.6 is 0 Å². The summed E-state index contributed by atoms with van der Waals surface area (Å²) >= 11 is 0. The van der Waals surface area contributed by atoms with Crippen LogP contribution in [0.15, 0.2) is 30.3 Å². The molecule has 0 radical (unpaired) electrons. The van der Waals surface area contributed by atoms with E-state index < -0.39 is 11.8 Å². The summed E-state index contributed by atoms with van der Waals surface area (Å²) in [7, 11) is 1.60. The zero-order chi connectivity index (χ0) is 13.1. The Balaban J connectivity index is 2.11. The lowest BCUT2D eigenvalue weighted by Gasteiger charge is -2.06. The third kappa shape index (κ3) is 2.48. The lowest BCUT2D eigenvalue weighted by atomic mass is 10.3. The van der Waals surface area contributed by atoms with E-state index in [-0.39, 0.29) is 18.1 Å². The van der Waals surface area contributed by atoms with Crippen molar-refractivity contribution in [2.24, 2.45) is 7.05 Å². The average molecular weight is 250 g/mol. The number of aryl methyl sites for hydroxylation is 1. The van der Waals surface area contributed by atoms with Crippen LogP contribution in [0.3, 0.4) is 0 Å². The van der Waals surface area contributed by atoms with Gasteiger partial charge in [0.1, 0.15) is 6.61 Å². The molecule has 0 spiro atoms. The summed E-state index contributed by atoms with van der Waals surface area (Å²) in [5.41, 5.74) is 0.486. The average Bonchev–Trinajstić information content (AvgIpc) is 2.70. The van der Waals surface area contributed by atoms with Gasteiger partial charge in [-0.25, -0.2) is 9.18 Å². The molecule has 0 saturated heterocycles. The fourth-order valence-electron chi connectivity index (χ4n) is 1.46. The highest BCUT2D eigenvalue weighted by atomic mass is 19.1. The normalized spacial score (nSPS) is 10.3. The molecule has 0 fully saturated rings. The topological polar surface area (TPSA) is 64.4 Å². The first-order valence-corrected chi connectivity index (χ1v) is 5.21. The summed E-state index contributed by atoms with van der Waals surface area (Å²) in [6.07, 6.45) is 0. The van der Waals surface area contributed by atoms with Crippen LogP contribution in [0.25, 0.3) is 0 Å². The van der Waals surface area contributed by atoms with Gasteiger partial charge in [0.25, 0.3) is 0 Å². The number of benzene rings is 1. The second kappa shape index (κ2) is 4.87. The van der Waals surface area contributed by atoms with Crippen molar-refractivity contribution in [3.8, 4) is 5.75 Å². The third-order valence-corrected chi connectivity index (χ3v) is 2.41. The molecule has 94 valence electrons. The quantitative estimate of drug-likeness (QED) is 0.899. The van der Waals surface area contributed by atoms with Gasteiger partial charge in [0.05, 0.1) is 5.69 Å². The highest BCUT2D eigenvalue weighted by molar-refractivity contribution is 5.85. The summed E-state index contributed by atoms with van der Waals surface area (Å²) in [6, 6.07) is 7.41. The Kier molecular flexibility index (Phi) is 3.27. The number of halogens is 1. The van der Waals surface area contributed by atoms with Crippen LogP contribution in [0, 0.1) is 5.82 Å². The largest absolute Gasteiger partial charge is 0.484 e. The second-order valence-corrected chi connectivity index (χ2v) is 3.67. The molecule has 0 aliphatic rings. The summed E-state index contributed by atoms with van der Waals surface area (Å²) in [5.74, 6) is -1.45. The summed E-state index contributed by atoms with van der Waals surface area (Å²) in [5, 5.41) is 12.6. The fourth-order valence-corrected chi connectivity index (χ4v) is 1.46. The first-order valence-electron chi connectivity index (χ1n) is 5.21. The van der Waals surface area contributed by atoms with Crippen molar-refractivity contribution in [1.82, 2.24) is 9.78 Å². The molecule has 2 rings (SSSR count). The Bertz CT molecular complexity index is 580. The van der Waals surface area contributed by atoms with Crippen LogP contribution < -0.4 is 4.74 Å². The number of aromatic carboxylic acids is 1. The Hall–Kier alpha value is -2.37. The van der Waals surface area contributed by atoms with E-state index in [1.54, 1.807) is 19.2 Å². The maximum absolute atomic E-state index is 13.3. The van der Waals surface area contributed by atoms with Crippen molar-refractivity contribution in [3.05, 3.63) is 47.5 Å². The van der Waals surface area contributed by atoms with Gasteiger partial charge in [-0.3, -0.25) is 4.68 Å². The second-order valence-electron chi connectivity index (χ2n) is 3.67. The number of ether oxygens (including phenoxy) is 1. The van der Waals surface area contributed by atoms with Crippen LogP contribution in [0.5, 0.6) is 5.75 Å². The zero-order valence-corrected chi connectivity index (χ0v) is 9.63. The van der Waals surface area contributed by atoms with Gasteiger partial charge in [-0.15, -0.1) is 0 Å². The predicted molar refractivity (Wildman–Crippen MR) is 60.9 cm³/mol. The molecule has 1 N–H and O–H groups in total. The van der Waals surface area contributed by atoms with Crippen molar-refractivity contribution in [1.29, 1.82) is 0 Å². The van der Waals surface area contributed by atoms with Crippen LogP contribution in [0.4, 0.5) is 4.39 Å². The van der Waals surface area contributed by atoms with Crippen molar-refractivity contribution in [2.75, 3.05) is 0 Å². The van der Waals surface area contributed by atoms with E-state index in [1.165, 1.54) is 22.9 Å². The van der Waals surface area contributed by atoms with Gasteiger partial charge in [-0.1, -0.05) is 12.1 Å². The molecule has 6 heteroatoms. The van der Waals surface area contributed by atoms with Gasteiger partial charge in [0, 0.05) is 7.05 Å². The first-order chi connectivity index (χ1) is 8.58. The Morgan fingerprint density at radius 1 is 1.50 bits per heavy atom. The smallest absolute Gasteiger partial charge is 0.356 e. The van der Waals surface area contributed by atoms with Gasteiger partial charge >= 0.3 is 5.97 Å². The summed E-state index contributed by atoms with van der Waals surface area (Å²) < 4.78 is 19.9. The molecular weight excluding hydrogens is 239 g/mol. The third-order valence-electron chi connectivity index (χ3n) is 2.41. The molecule has 0 aliphatic carbocycles. The molecule has 0 aliphatic heterocycles. The molecule has 0 bridgehead atoms. The van der Waals surface area contributed by atoms with E-state index in [0.29, 0.717) is 5.69 Å². The first kappa shape index (κ1) is 12.1. The minimum atomic E-state index is -1.11. The highest BCUT2D eigenvalue weighted by Gasteiger charge is 2.12. The maximum Gasteiger partial charge on any atom is 0.356 e. The fraction of sp³-hybridized carbons (Fsp3) is 0.167. The van der Waals surface area contributed by atoms with Crippen molar-refractivity contribution in [3.63, 3.8) is 0 Å². The number of hydrogen-bond donors (Lipinski definition) is 1. The van der Waals surface area contributed by atoms with Gasteiger partial charge in [-0.2, -0.15) is 5.10 Å². The molecular formula is C12H11FN2O3. The summed E-state index contributed by atoms with van der Waals surface area (Å²) in [4.78, 5) is 10.7. The molecule has 0 unspecified atom stereocenters. The molecule has 2 aromatic rings. The van der Waals surface area contributed by atoms with Gasteiger partial charge in [0.15, 0.2) is 17.3 Å².